The highest BCUT2D eigenvalue weighted by atomic mass is 32.2. The van der Waals surface area contributed by atoms with Gasteiger partial charge in [0.15, 0.2) is 10.8 Å². The van der Waals surface area contributed by atoms with E-state index < -0.39 is 0 Å². The van der Waals surface area contributed by atoms with Crippen LogP contribution in [0.25, 0.3) is 21.8 Å². The third kappa shape index (κ3) is 2.27. The number of nitrogens with zero attached hydrogens (tertiary/aromatic N) is 2. The van der Waals surface area contributed by atoms with E-state index in [1.165, 1.54) is 34.3 Å². The fraction of sp³-hybridized carbons (Fsp3) is 0.0625. The molecule has 5 nitrogen and oxygen atoms in total. The lowest BCUT2D eigenvalue weighted by Crippen LogP contribution is -2.08. The second-order valence-electron chi connectivity index (χ2n) is 4.93. The van der Waals surface area contributed by atoms with Gasteiger partial charge in [0, 0.05) is 5.75 Å². The van der Waals surface area contributed by atoms with E-state index in [-0.39, 0.29) is 5.56 Å². The van der Waals surface area contributed by atoms with Gasteiger partial charge in [-0.25, -0.2) is 4.98 Å². The van der Waals surface area contributed by atoms with Crippen LogP contribution in [0.2, 0.25) is 0 Å². The van der Waals surface area contributed by atoms with Gasteiger partial charge in [-0.3, -0.25) is 9.89 Å². The molecule has 0 bridgehead atoms. The zero-order valence-electron chi connectivity index (χ0n) is 11.5. The van der Waals surface area contributed by atoms with Gasteiger partial charge in [0.25, 0.3) is 5.56 Å². The fourth-order valence-electron chi connectivity index (χ4n) is 2.46. The van der Waals surface area contributed by atoms with Crippen molar-refractivity contribution in [2.24, 2.45) is 0 Å². The number of thioether (sulfide) groups is 1. The van der Waals surface area contributed by atoms with Crippen LogP contribution in [0.5, 0.6) is 0 Å². The maximum atomic E-state index is 11.9. The highest BCUT2D eigenvalue weighted by molar-refractivity contribution is 7.98. The first-order chi connectivity index (χ1) is 10.8. The molecule has 0 saturated carbocycles. The van der Waals surface area contributed by atoms with Crippen LogP contribution < -0.4 is 5.56 Å². The zero-order chi connectivity index (χ0) is 14.9. The minimum absolute atomic E-state index is 0.167. The van der Waals surface area contributed by atoms with Crippen LogP contribution in [0.1, 0.15) is 5.56 Å². The summed E-state index contributed by atoms with van der Waals surface area (Å²) < 4.78 is 0. The molecule has 6 heteroatoms. The van der Waals surface area contributed by atoms with Gasteiger partial charge in [-0.05, 0) is 16.3 Å². The Balaban J connectivity index is 1.67. The van der Waals surface area contributed by atoms with Gasteiger partial charge in [-0.2, -0.15) is 5.10 Å². The van der Waals surface area contributed by atoms with Crippen LogP contribution in [0, 0.1) is 0 Å². The van der Waals surface area contributed by atoms with Crippen LogP contribution in [0.4, 0.5) is 0 Å². The topological polar surface area (TPSA) is 74.4 Å². The molecule has 0 fully saturated rings. The smallest absolute Gasteiger partial charge is 0.262 e. The Morgan fingerprint density at radius 3 is 2.86 bits per heavy atom. The minimum Gasteiger partial charge on any atom is -0.301 e. The Kier molecular flexibility index (Phi) is 3.16. The zero-order valence-corrected chi connectivity index (χ0v) is 12.4. The quantitative estimate of drug-likeness (QED) is 0.450. The standard InChI is InChI=1S/C16H12N4OS/c21-15-13-8-17-20-14(13)18-16(19-15)22-9-11-6-3-5-10-4-1-2-7-12(10)11/h1-8H,9H2,(H2,17,18,19,20,21). The Bertz CT molecular complexity index is 1020. The number of nitrogens with one attached hydrogen (secondary N) is 2. The molecule has 2 heterocycles. The molecule has 0 aliphatic carbocycles. The molecule has 0 spiro atoms. The van der Waals surface area contributed by atoms with Crippen molar-refractivity contribution in [1.29, 1.82) is 0 Å². The van der Waals surface area contributed by atoms with Crippen LogP contribution in [-0.4, -0.2) is 20.2 Å². The van der Waals surface area contributed by atoms with Gasteiger partial charge in [-0.1, -0.05) is 54.2 Å². The molecule has 0 atom stereocenters. The normalized spacial score (nSPS) is 11.3. The highest BCUT2D eigenvalue weighted by Gasteiger charge is 2.07. The number of hydrogen-bond donors (Lipinski definition) is 2. The van der Waals surface area contributed by atoms with Crippen molar-refractivity contribution in [1.82, 2.24) is 20.2 Å². The summed E-state index contributed by atoms with van der Waals surface area (Å²) in [6.07, 6.45) is 1.49. The Morgan fingerprint density at radius 1 is 1.05 bits per heavy atom. The van der Waals surface area contributed by atoms with E-state index in [4.69, 9.17) is 0 Å². The summed E-state index contributed by atoms with van der Waals surface area (Å²) in [6, 6.07) is 14.5. The van der Waals surface area contributed by atoms with Crippen LogP contribution in [0.15, 0.2) is 58.6 Å². The van der Waals surface area contributed by atoms with E-state index in [1.54, 1.807) is 0 Å². The monoisotopic (exact) mass is 308 g/mol. The predicted molar refractivity (Wildman–Crippen MR) is 88.0 cm³/mol. The first kappa shape index (κ1) is 13.1. The second kappa shape index (κ2) is 5.31. The molecule has 0 radical (unpaired) electrons. The number of rotatable bonds is 3. The lowest BCUT2D eigenvalue weighted by molar-refractivity contribution is 0.958. The molecule has 4 aromatic rings. The number of H-pyrrole nitrogens is 2. The molecule has 2 aromatic carbocycles. The summed E-state index contributed by atoms with van der Waals surface area (Å²) in [5.74, 6) is 0.740. The van der Waals surface area contributed by atoms with E-state index in [1.807, 2.05) is 18.2 Å². The van der Waals surface area contributed by atoms with E-state index in [0.717, 1.165) is 5.75 Å². The fourth-order valence-corrected chi connectivity index (χ4v) is 3.32. The van der Waals surface area contributed by atoms with Crippen LogP contribution in [0.3, 0.4) is 0 Å². The molecular weight excluding hydrogens is 296 g/mol. The van der Waals surface area contributed by atoms with Crippen molar-refractivity contribution >= 4 is 33.6 Å². The summed E-state index contributed by atoms with van der Waals surface area (Å²) in [5.41, 5.74) is 1.57. The molecule has 2 aromatic heterocycles. The molecule has 0 aliphatic rings. The largest absolute Gasteiger partial charge is 0.301 e. The maximum Gasteiger partial charge on any atom is 0.262 e. The average Bonchev–Trinajstić information content (AvgIpc) is 3.02. The summed E-state index contributed by atoms with van der Waals surface area (Å²) in [4.78, 5) is 19.1. The molecule has 2 N–H and O–H groups in total. The summed E-state index contributed by atoms with van der Waals surface area (Å²) in [6.45, 7) is 0. The predicted octanol–water partition coefficient (Wildman–Crippen LogP) is 3.09. The van der Waals surface area contributed by atoms with E-state index in [2.05, 4.69) is 44.4 Å². The van der Waals surface area contributed by atoms with Crippen molar-refractivity contribution in [3.63, 3.8) is 0 Å². The number of aromatic nitrogens is 4. The SMILES string of the molecule is O=c1[nH]c(SCc2cccc3ccccc23)nc2[nH]ncc12. The molecule has 0 unspecified atom stereocenters. The first-order valence-electron chi connectivity index (χ1n) is 6.84. The Labute approximate surface area is 129 Å². The average molecular weight is 308 g/mol. The molecule has 0 saturated heterocycles. The molecular formula is C16H12N4OS. The van der Waals surface area contributed by atoms with E-state index in [0.29, 0.717) is 16.2 Å². The third-order valence-corrected chi connectivity index (χ3v) is 4.46. The summed E-state index contributed by atoms with van der Waals surface area (Å²) >= 11 is 1.51. The summed E-state index contributed by atoms with van der Waals surface area (Å²) in [7, 11) is 0. The lowest BCUT2D eigenvalue weighted by Gasteiger charge is -2.06. The number of benzene rings is 2. The van der Waals surface area contributed by atoms with Crippen molar-refractivity contribution in [2.45, 2.75) is 10.9 Å². The third-order valence-electron chi connectivity index (χ3n) is 3.54. The highest BCUT2D eigenvalue weighted by Crippen LogP contribution is 2.25. The lowest BCUT2D eigenvalue weighted by atomic mass is 10.1. The van der Waals surface area contributed by atoms with Crippen molar-refractivity contribution < 1.29 is 0 Å². The Hall–Kier alpha value is -2.60. The van der Waals surface area contributed by atoms with Gasteiger partial charge in [0.1, 0.15) is 5.39 Å². The maximum absolute atomic E-state index is 11.9. The van der Waals surface area contributed by atoms with Crippen molar-refractivity contribution in [3.8, 4) is 0 Å². The molecule has 108 valence electrons. The number of aromatic amines is 2. The molecule has 0 aliphatic heterocycles. The first-order valence-corrected chi connectivity index (χ1v) is 7.83. The van der Waals surface area contributed by atoms with Gasteiger partial charge in [0.2, 0.25) is 0 Å². The number of fused-ring (bicyclic) bond motifs is 2. The van der Waals surface area contributed by atoms with E-state index in [9.17, 15) is 4.79 Å². The van der Waals surface area contributed by atoms with Gasteiger partial charge >= 0.3 is 0 Å². The van der Waals surface area contributed by atoms with E-state index >= 15 is 0 Å². The molecule has 0 amide bonds. The Morgan fingerprint density at radius 2 is 1.91 bits per heavy atom. The van der Waals surface area contributed by atoms with Crippen molar-refractivity contribution in [3.05, 3.63) is 64.6 Å². The van der Waals surface area contributed by atoms with Gasteiger partial charge < -0.3 is 4.98 Å². The van der Waals surface area contributed by atoms with Gasteiger partial charge in [-0.15, -0.1) is 0 Å². The van der Waals surface area contributed by atoms with Crippen LogP contribution >= 0.6 is 11.8 Å². The summed E-state index contributed by atoms with van der Waals surface area (Å²) in [5, 5.41) is 10.1. The number of hydrogen-bond acceptors (Lipinski definition) is 4. The van der Waals surface area contributed by atoms with Crippen molar-refractivity contribution in [2.75, 3.05) is 0 Å². The molecule has 22 heavy (non-hydrogen) atoms. The van der Waals surface area contributed by atoms with Gasteiger partial charge in [0.05, 0.1) is 6.20 Å². The second-order valence-corrected chi connectivity index (χ2v) is 5.89. The molecule has 4 rings (SSSR count). The van der Waals surface area contributed by atoms with Crippen LogP contribution in [-0.2, 0) is 5.75 Å². The minimum atomic E-state index is -0.167.